The van der Waals surface area contributed by atoms with Gasteiger partial charge in [-0.15, -0.1) is 0 Å². The van der Waals surface area contributed by atoms with Crippen molar-refractivity contribution < 1.29 is 32.3 Å². The average molecular weight is 390 g/mol. The van der Waals surface area contributed by atoms with Gasteiger partial charge in [-0.2, -0.15) is 4.31 Å². The molecule has 1 rings (SSSR count). The molecule has 0 radical (unpaired) electrons. The Hall–Kier alpha value is -2.08. The molecule has 0 aliphatic carbocycles. The number of nitro benzene ring substituents is 1. The van der Waals surface area contributed by atoms with E-state index in [9.17, 15) is 23.3 Å². The fraction of sp³-hybridized carbons (Fsp3) is 0.533. The van der Waals surface area contributed by atoms with E-state index in [1.165, 1.54) is 40.4 Å². The molecule has 26 heavy (non-hydrogen) atoms. The summed E-state index contributed by atoms with van der Waals surface area (Å²) in [7, 11) is -0.253. The molecule has 0 aromatic heterocycles. The van der Waals surface area contributed by atoms with E-state index in [1.807, 2.05) is 0 Å². The van der Waals surface area contributed by atoms with Crippen LogP contribution in [-0.2, 0) is 29.0 Å². The normalized spacial score (nSPS) is 11.8. The number of carbonyl (C=O) groups excluding carboxylic acids is 1. The molecular weight excluding hydrogens is 368 g/mol. The zero-order valence-corrected chi connectivity index (χ0v) is 15.8. The Bertz CT molecular complexity index is 746. The number of esters is 1. The average Bonchev–Trinajstić information content (AvgIpc) is 2.61. The van der Waals surface area contributed by atoms with E-state index in [1.54, 1.807) is 0 Å². The van der Waals surface area contributed by atoms with Crippen molar-refractivity contribution in [1.82, 2.24) is 4.31 Å². The molecule has 0 saturated carbocycles. The molecule has 146 valence electrons. The predicted octanol–water partition coefficient (Wildman–Crippen LogP) is 1.08. The SMILES string of the molecule is COC(=O)CCN(CC(OC)OC)S(=O)(=O)c1ccc(C)c([N+](=O)[O-])c1. The molecule has 0 amide bonds. The molecule has 0 N–H and O–H groups in total. The second-order valence-corrected chi connectivity index (χ2v) is 7.23. The van der Waals surface area contributed by atoms with Gasteiger partial charge in [0.1, 0.15) is 0 Å². The summed E-state index contributed by atoms with van der Waals surface area (Å²) < 4.78 is 41.4. The number of benzene rings is 1. The van der Waals surface area contributed by atoms with Crippen molar-refractivity contribution in [3.05, 3.63) is 33.9 Å². The van der Waals surface area contributed by atoms with Gasteiger partial charge in [0.25, 0.3) is 5.69 Å². The van der Waals surface area contributed by atoms with Crippen molar-refractivity contribution >= 4 is 21.7 Å². The summed E-state index contributed by atoms with van der Waals surface area (Å²) in [5.74, 6) is -0.591. The summed E-state index contributed by atoms with van der Waals surface area (Å²) in [4.78, 5) is 21.6. The van der Waals surface area contributed by atoms with Gasteiger partial charge in [0.2, 0.25) is 10.0 Å². The number of hydrogen-bond donors (Lipinski definition) is 0. The van der Waals surface area contributed by atoms with Gasteiger partial charge in [0.15, 0.2) is 6.29 Å². The number of nitro groups is 1. The molecular formula is C15H22N2O8S. The number of sulfonamides is 1. The number of ether oxygens (including phenoxy) is 3. The van der Waals surface area contributed by atoms with Gasteiger partial charge in [-0.1, -0.05) is 6.07 Å². The minimum absolute atomic E-state index is 0.191. The molecule has 0 aliphatic heterocycles. The van der Waals surface area contributed by atoms with Crippen molar-refractivity contribution in [3.63, 3.8) is 0 Å². The molecule has 0 fully saturated rings. The molecule has 0 bridgehead atoms. The van der Waals surface area contributed by atoms with Crippen LogP contribution in [0.3, 0.4) is 0 Å². The van der Waals surface area contributed by atoms with Gasteiger partial charge >= 0.3 is 5.97 Å². The highest BCUT2D eigenvalue weighted by Crippen LogP contribution is 2.25. The van der Waals surface area contributed by atoms with Crippen LogP contribution in [0.4, 0.5) is 5.69 Å². The van der Waals surface area contributed by atoms with E-state index in [2.05, 4.69) is 4.74 Å². The fourth-order valence-electron chi connectivity index (χ4n) is 2.13. The summed E-state index contributed by atoms with van der Waals surface area (Å²) in [6.07, 6.45) is -1.06. The lowest BCUT2D eigenvalue weighted by molar-refractivity contribution is -0.385. The lowest BCUT2D eigenvalue weighted by Crippen LogP contribution is -2.40. The third-order valence-corrected chi connectivity index (χ3v) is 5.55. The largest absolute Gasteiger partial charge is 0.469 e. The van der Waals surface area contributed by atoms with Crippen LogP contribution in [0.25, 0.3) is 0 Å². The van der Waals surface area contributed by atoms with E-state index >= 15 is 0 Å². The van der Waals surface area contributed by atoms with E-state index in [0.29, 0.717) is 5.56 Å². The first-order chi connectivity index (χ1) is 12.2. The molecule has 0 unspecified atom stereocenters. The monoisotopic (exact) mass is 390 g/mol. The standard InChI is InChI=1S/C15H22N2O8S/c1-11-5-6-12(9-13(11)17(19)20)26(21,22)16(8-7-14(18)23-2)10-15(24-3)25-4/h5-6,9,15H,7-8,10H2,1-4H3. The highest BCUT2D eigenvalue weighted by atomic mass is 32.2. The van der Waals surface area contributed by atoms with E-state index in [4.69, 9.17) is 9.47 Å². The Kier molecular flexibility index (Phi) is 8.08. The Balaban J connectivity index is 3.26. The topological polar surface area (TPSA) is 125 Å². The van der Waals surface area contributed by atoms with Crippen LogP contribution in [0, 0.1) is 17.0 Å². The highest BCUT2D eigenvalue weighted by molar-refractivity contribution is 7.89. The van der Waals surface area contributed by atoms with Crippen molar-refractivity contribution in [2.75, 3.05) is 34.4 Å². The molecule has 0 saturated heterocycles. The zero-order chi connectivity index (χ0) is 19.9. The maximum Gasteiger partial charge on any atom is 0.306 e. The van der Waals surface area contributed by atoms with Crippen molar-refractivity contribution in [2.45, 2.75) is 24.5 Å². The number of hydrogen-bond acceptors (Lipinski definition) is 8. The highest BCUT2D eigenvalue weighted by Gasteiger charge is 2.29. The first-order valence-corrected chi connectivity index (χ1v) is 8.99. The van der Waals surface area contributed by atoms with Crippen molar-refractivity contribution in [2.24, 2.45) is 0 Å². The number of methoxy groups -OCH3 is 3. The Morgan fingerprint density at radius 2 is 1.88 bits per heavy atom. The summed E-state index contributed by atoms with van der Waals surface area (Å²) in [5, 5.41) is 11.1. The van der Waals surface area contributed by atoms with Crippen LogP contribution in [0.5, 0.6) is 0 Å². The maximum absolute atomic E-state index is 12.9. The second kappa shape index (κ2) is 9.57. The lowest BCUT2D eigenvalue weighted by atomic mass is 10.2. The maximum atomic E-state index is 12.9. The van der Waals surface area contributed by atoms with Crippen LogP contribution in [0.1, 0.15) is 12.0 Å². The predicted molar refractivity (Wildman–Crippen MR) is 91.0 cm³/mol. The fourth-order valence-corrected chi connectivity index (χ4v) is 3.58. The van der Waals surface area contributed by atoms with Crippen LogP contribution < -0.4 is 0 Å². The first-order valence-electron chi connectivity index (χ1n) is 7.55. The zero-order valence-electron chi connectivity index (χ0n) is 15.0. The molecule has 1 aromatic carbocycles. The number of rotatable bonds is 10. The van der Waals surface area contributed by atoms with Gasteiger partial charge in [-0.25, -0.2) is 8.42 Å². The van der Waals surface area contributed by atoms with Crippen molar-refractivity contribution in [3.8, 4) is 0 Å². The summed E-state index contributed by atoms with van der Waals surface area (Å²) in [5.41, 5.74) is 0.0238. The van der Waals surface area contributed by atoms with Gasteiger partial charge in [0.05, 0.1) is 29.9 Å². The third-order valence-electron chi connectivity index (χ3n) is 3.69. The Morgan fingerprint density at radius 3 is 2.38 bits per heavy atom. The quantitative estimate of drug-likeness (QED) is 0.251. The molecule has 0 heterocycles. The summed E-state index contributed by atoms with van der Waals surface area (Å²) in [6.45, 7) is 1.11. The van der Waals surface area contributed by atoms with E-state index in [0.717, 1.165) is 10.4 Å². The molecule has 0 aliphatic rings. The van der Waals surface area contributed by atoms with Crippen LogP contribution in [0.15, 0.2) is 23.1 Å². The number of carbonyl (C=O) groups is 1. The molecule has 10 nitrogen and oxygen atoms in total. The minimum Gasteiger partial charge on any atom is -0.469 e. The van der Waals surface area contributed by atoms with Gasteiger partial charge in [-0.3, -0.25) is 14.9 Å². The first kappa shape index (κ1) is 22.0. The van der Waals surface area contributed by atoms with E-state index < -0.39 is 27.2 Å². The Morgan fingerprint density at radius 1 is 1.27 bits per heavy atom. The van der Waals surface area contributed by atoms with Crippen molar-refractivity contribution in [1.29, 1.82) is 0 Å². The number of nitrogens with zero attached hydrogens (tertiary/aromatic N) is 2. The second-order valence-electron chi connectivity index (χ2n) is 5.30. The van der Waals surface area contributed by atoms with Crippen LogP contribution in [0.2, 0.25) is 0 Å². The molecule has 0 atom stereocenters. The van der Waals surface area contributed by atoms with E-state index in [-0.39, 0.29) is 30.1 Å². The van der Waals surface area contributed by atoms with Gasteiger partial charge in [0, 0.05) is 32.4 Å². The van der Waals surface area contributed by atoms with Gasteiger partial charge < -0.3 is 14.2 Å². The van der Waals surface area contributed by atoms with Crippen LogP contribution in [-0.4, -0.2) is 64.3 Å². The summed E-state index contributed by atoms with van der Waals surface area (Å²) in [6, 6.07) is 3.62. The smallest absolute Gasteiger partial charge is 0.306 e. The lowest BCUT2D eigenvalue weighted by Gasteiger charge is -2.25. The molecule has 0 spiro atoms. The minimum atomic E-state index is -4.13. The van der Waals surface area contributed by atoms with Crippen LogP contribution >= 0.6 is 0 Å². The van der Waals surface area contributed by atoms with Gasteiger partial charge in [-0.05, 0) is 13.0 Å². The Labute approximate surface area is 151 Å². The molecule has 11 heteroatoms. The molecule has 1 aromatic rings. The number of aryl methyl sites for hydroxylation is 1. The summed E-state index contributed by atoms with van der Waals surface area (Å²) >= 11 is 0. The third kappa shape index (κ3) is 5.46.